The maximum Gasteiger partial charge on any atom is 0.311 e. The Morgan fingerprint density at radius 1 is 1.82 bits per heavy atom. The summed E-state index contributed by atoms with van der Waals surface area (Å²) in [5, 5.41) is 1.92. The topological polar surface area (TPSA) is 52.3 Å². The fraction of sp³-hybridized carbons (Fsp3) is 0.571. The molecule has 0 bridgehead atoms. The fourth-order valence-electron chi connectivity index (χ4n) is 0.927. The molecule has 0 aromatic carbocycles. The van der Waals surface area contributed by atoms with Gasteiger partial charge in [-0.25, -0.2) is 0 Å². The van der Waals surface area contributed by atoms with Crippen molar-refractivity contribution in [3.8, 4) is 0 Å². The van der Waals surface area contributed by atoms with Crippen molar-refractivity contribution in [3.63, 3.8) is 0 Å². The summed E-state index contributed by atoms with van der Waals surface area (Å²) in [6.07, 6.45) is 1.83. The minimum Gasteiger partial charge on any atom is -0.469 e. The number of methoxy groups -OCH3 is 1. The molecular formula is C7H11NO2S. The van der Waals surface area contributed by atoms with E-state index in [1.165, 1.54) is 7.11 Å². The smallest absolute Gasteiger partial charge is 0.311 e. The van der Waals surface area contributed by atoms with Gasteiger partial charge in [0.25, 0.3) is 0 Å². The van der Waals surface area contributed by atoms with Crippen molar-refractivity contribution < 1.29 is 9.53 Å². The Morgan fingerprint density at radius 2 is 2.55 bits per heavy atom. The van der Waals surface area contributed by atoms with E-state index in [0.717, 1.165) is 5.75 Å². The van der Waals surface area contributed by atoms with E-state index in [4.69, 9.17) is 5.73 Å². The quantitative estimate of drug-likeness (QED) is 0.582. The molecule has 0 saturated heterocycles. The van der Waals surface area contributed by atoms with Crippen molar-refractivity contribution >= 4 is 17.7 Å². The van der Waals surface area contributed by atoms with Gasteiger partial charge in [0.1, 0.15) is 0 Å². The third-order valence-corrected chi connectivity index (χ3v) is 2.54. The van der Waals surface area contributed by atoms with Gasteiger partial charge < -0.3 is 10.5 Å². The minimum absolute atomic E-state index is 0.171. The largest absolute Gasteiger partial charge is 0.469 e. The lowest BCUT2D eigenvalue weighted by Crippen LogP contribution is -2.37. The van der Waals surface area contributed by atoms with E-state index in [1.54, 1.807) is 11.8 Å². The first-order valence-electron chi connectivity index (χ1n) is 3.37. The van der Waals surface area contributed by atoms with E-state index in [9.17, 15) is 4.79 Å². The summed E-state index contributed by atoms with van der Waals surface area (Å²) in [4.78, 5) is 11.0. The number of hydrogen-bond donors (Lipinski definition) is 1. The molecule has 4 heteroatoms. The summed E-state index contributed by atoms with van der Waals surface area (Å²) in [6.45, 7) is 0. The van der Waals surface area contributed by atoms with E-state index in [1.807, 2.05) is 11.5 Å². The molecule has 62 valence electrons. The molecule has 0 saturated carbocycles. The third kappa shape index (κ3) is 1.97. The molecule has 2 N–H and O–H groups in total. The number of nitrogens with two attached hydrogens (primary N) is 1. The first kappa shape index (κ1) is 8.62. The van der Waals surface area contributed by atoms with Crippen molar-refractivity contribution in [2.45, 2.75) is 6.04 Å². The number of hydrogen-bond acceptors (Lipinski definition) is 4. The van der Waals surface area contributed by atoms with E-state index < -0.39 is 0 Å². The molecule has 0 aromatic rings. The number of carbonyl (C=O) groups excluding carboxylic acids is 1. The number of thioether (sulfide) groups is 1. The molecule has 0 spiro atoms. The first-order valence-corrected chi connectivity index (χ1v) is 4.42. The summed E-state index contributed by atoms with van der Waals surface area (Å²) < 4.78 is 4.59. The molecule has 1 rings (SSSR count). The summed E-state index contributed by atoms with van der Waals surface area (Å²) in [5.41, 5.74) is 5.65. The lowest BCUT2D eigenvalue weighted by molar-refractivity contribution is -0.144. The summed E-state index contributed by atoms with van der Waals surface area (Å²) >= 11 is 1.59. The van der Waals surface area contributed by atoms with Gasteiger partial charge in [-0.1, -0.05) is 6.08 Å². The van der Waals surface area contributed by atoms with Crippen LogP contribution >= 0.6 is 11.8 Å². The minimum atomic E-state index is -0.214. The maximum absolute atomic E-state index is 11.0. The van der Waals surface area contributed by atoms with Crippen LogP contribution in [0.25, 0.3) is 0 Å². The van der Waals surface area contributed by atoms with Gasteiger partial charge in [-0.3, -0.25) is 4.79 Å². The number of carbonyl (C=O) groups is 1. The van der Waals surface area contributed by atoms with Gasteiger partial charge in [-0.2, -0.15) is 0 Å². The van der Waals surface area contributed by atoms with Crippen molar-refractivity contribution in [1.29, 1.82) is 0 Å². The predicted molar refractivity (Wildman–Crippen MR) is 45.1 cm³/mol. The molecule has 1 heterocycles. The number of rotatable bonds is 1. The number of esters is 1. The maximum atomic E-state index is 11.0. The van der Waals surface area contributed by atoms with E-state index >= 15 is 0 Å². The molecule has 11 heavy (non-hydrogen) atoms. The van der Waals surface area contributed by atoms with Gasteiger partial charge in [-0.05, 0) is 5.41 Å². The summed E-state index contributed by atoms with van der Waals surface area (Å²) in [6, 6.07) is -0.177. The number of ether oxygens (including phenoxy) is 1. The molecule has 0 fully saturated rings. The van der Waals surface area contributed by atoms with Crippen molar-refractivity contribution in [2.75, 3.05) is 12.9 Å². The summed E-state index contributed by atoms with van der Waals surface area (Å²) in [5.74, 6) is 0.342. The second kappa shape index (κ2) is 3.78. The van der Waals surface area contributed by atoms with Gasteiger partial charge in [0.2, 0.25) is 0 Å². The van der Waals surface area contributed by atoms with Crippen molar-refractivity contribution in [1.82, 2.24) is 0 Å². The lowest BCUT2D eigenvalue weighted by Gasteiger charge is -2.20. The highest BCUT2D eigenvalue weighted by molar-refractivity contribution is 8.02. The first-order chi connectivity index (χ1) is 5.25. The summed E-state index contributed by atoms with van der Waals surface area (Å²) in [7, 11) is 1.39. The second-order valence-electron chi connectivity index (χ2n) is 2.37. The van der Waals surface area contributed by atoms with Crippen LogP contribution in [-0.2, 0) is 9.53 Å². The molecule has 3 nitrogen and oxygen atoms in total. The highest BCUT2D eigenvalue weighted by atomic mass is 32.2. The zero-order valence-electron chi connectivity index (χ0n) is 6.32. The van der Waals surface area contributed by atoms with Gasteiger partial charge in [-0.15, -0.1) is 11.8 Å². The van der Waals surface area contributed by atoms with Crippen LogP contribution in [-0.4, -0.2) is 24.9 Å². The molecule has 1 aliphatic rings. The van der Waals surface area contributed by atoms with Crippen LogP contribution in [0.5, 0.6) is 0 Å². The van der Waals surface area contributed by atoms with E-state index in [-0.39, 0.29) is 17.9 Å². The Kier molecular flexibility index (Phi) is 2.96. The molecule has 0 amide bonds. The molecule has 2 atom stereocenters. The Morgan fingerprint density at radius 3 is 3.09 bits per heavy atom. The predicted octanol–water partition coefficient (Wildman–Crippen LogP) is 0.363. The SMILES string of the molecule is COC(=O)[C@H]1CSC=C[C@H]1N. The third-order valence-electron chi connectivity index (χ3n) is 1.64. The van der Waals surface area contributed by atoms with Gasteiger partial charge >= 0.3 is 5.97 Å². The Labute approximate surface area is 70.0 Å². The molecule has 0 aromatic heterocycles. The van der Waals surface area contributed by atoms with E-state index in [2.05, 4.69) is 4.74 Å². The monoisotopic (exact) mass is 173 g/mol. The van der Waals surface area contributed by atoms with Crippen LogP contribution in [0.15, 0.2) is 11.5 Å². The molecular weight excluding hydrogens is 162 g/mol. The van der Waals surface area contributed by atoms with Crippen LogP contribution in [0.4, 0.5) is 0 Å². The standard InChI is InChI=1S/C7H11NO2S/c1-10-7(9)5-4-11-3-2-6(5)8/h2-3,5-6H,4,8H2,1H3/t5-,6+/m0/s1. The van der Waals surface area contributed by atoms with Gasteiger partial charge in [0.05, 0.1) is 13.0 Å². The van der Waals surface area contributed by atoms with E-state index in [0.29, 0.717) is 0 Å². The van der Waals surface area contributed by atoms with Crippen molar-refractivity contribution in [2.24, 2.45) is 11.7 Å². The highest BCUT2D eigenvalue weighted by Crippen LogP contribution is 2.20. The fourth-order valence-corrected chi connectivity index (χ4v) is 1.90. The zero-order valence-corrected chi connectivity index (χ0v) is 7.14. The zero-order chi connectivity index (χ0) is 8.27. The second-order valence-corrected chi connectivity index (χ2v) is 3.31. The van der Waals surface area contributed by atoms with Gasteiger partial charge in [0.15, 0.2) is 0 Å². The lowest BCUT2D eigenvalue weighted by atomic mass is 10.0. The van der Waals surface area contributed by atoms with Crippen LogP contribution in [0.2, 0.25) is 0 Å². The average Bonchev–Trinajstić information content (AvgIpc) is 2.04. The van der Waals surface area contributed by atoms with Crippen LogP contribution in [0, 0.1) is 5.92 Å². The Balaban J connectivity index is 2.57. The van der Waals surface area contributed by atoms with Crippen LogP contribution in [0.1, 0.15) is 0 Å². The Hall–Kier alpha value is -0.480. The van der Waals surface area contributed by atoms with Crippen LogP contribution in [0.3, 0.4) is 0 Å². The molecule has 0 unspecified atom stereocenters. The van der Waals surface area contributed by atoms with Crippen LogP contribution < -0.4 is 5.73 Å². The molecule has 0 aliphatic carbocycles. The van der Waals surface area contributed by atoms with Gasteiger partial charge in [0, 0.05) is 11.8 Å². The van der Waals surface area contributed by atoms with Crippen molar-refractivity contribution in [3.05, 3.63) is 11.5 Å². The highest BCUT2D eigenvalue weighted by Gasteiger charge is 2.26. The normalized spacial score (nSPS) is 30.0. The average molecular weight is 173 g/mol. The molecule has 0 radical (unpaired) electrons. The Bertz CT molecular complexity index is 181. The molecule has 1 aliphatic heterocycles.